The van der Waals surface area contributed by atoms with Gasteiger partial charge in [-0.25, -0.2) is 9.59 Å². The van der Waals surface area contributed by atoms with Gasteiger partial charge in [-0.2, -0.15) is 0 Å². The van der Waals surface area contributed by atoms with E-state index in [1.807, 2.05) is 0 Å². The fourth-order valence-electron chi connectivity index (χ4n) is 8.87. The lowest BCUT2D eigenvalue weighted by atomic mass is 9.45. The molecule has 0 amide bonds. The Balaban J connectivity index is 1.95. The number of aryl methyl sites for hydroxylation is 1. The molecular formula is C36H45NO18. The highest BCUT2D eigenvalue weighted by molar-refractivity contribution is 5.90. The van der Waals surface area contributed by atoms with Crippen LogP contribution in [0, 0.1) is 11.3 Å². The molecule has 0 radical (unpaired) electrons. The van der Waals surface area contributed by atoms with Crippen LogP contribution in [0.2, 0.25) is 0 Å². The van der Waals surface area contributed by atoms with Crippen LogP contribution in [-0.2, 0) is 73.1 Å². The Morgan fingerprint density at radius 2 is 1.44 bits per heavy atom. The molecule has 1 aromatic heterocycles. The first-order chi connectivity index (χ1) is 25.5. The number of esters is 7. The number of aliphatic hydroxyl groups is 3. The van der Waals surface area contributed by atoms with Crippen LogP contribution in [0.25, 0.3) is 0 Å². The van der Waals surface area contributed by atoms with Crippen molar-refractivity contribution in [3.63, 3.8) is 0 Å². The smallest absolute Gasteiger partial charge is 0.340 e. The Kier molecular flexibility index (Phi) is 10.9. The summed E-state index contributed by atoms with van der Waals surface area (Å²) in [7, 11) is 0. The Morgan fingerprint density at radius 1 is 0.855 bits per heavy atom. The Bertz CT molecular complexity index is 1780. The Morgan fingerprint density at radius 3 is 2.02 bits per heavy atom. The van der Waals surface area contributed by atoms with Gasteiger partial charge in [0.05, 0.1) is 17.2 Å². The average molecular weight is 780 g/mol. The van der Waals surface area contributed by atoms with Crippen molar-refractivity contribution in [3.05, 3.63) is 29.6 Å². The van der Waals surface area contributed by atoms with Crippen molar-refractivity contribution < 1.29 is 86.8 Å². The molecule has 19 heteroatoms. The van der Waals surface area contributed by atoms with E-state index >= 15 is 0 Å². The minimum atomic E-state index is -2.89. The summed E-state index contributed by atoms with van der Waals surface area (Å²) < 4.78 is 47.4. The topological polar surface area (TPSA) is 267 Å². The van der Waals surface area contributed by atoms with E-state index in [2.05, 4.69) is 4.98 Å². The van der Waals surface area contributed by atoms with Gasteiger partial charge in [0.2, 0.25) is 0 Å². The number of aromatic nitrogens is 1. The summed E-state index contributed by atoms with van der Waals surface area (Å²) in [6.07, 6.45) is -11.7. The van der Waals surface area contributed by atoms with Gasteiger partial charge < -0.3 is 53.2 Å². The molecule has 1 aromatic rings. The second kappa shape index (κ2) is 14.4. The van der Waals surface area contributed by atoms with Crippen molar-refractivity contribution in [2.24, 2.45) is 11.3 Å². The summed E-state index contributed by atoms with van der Waals surface area (Å²) in [6, 6.07) is 2.82. The summed E-state index contributed by atoms with van der Waals surface area (Å²) in [5, 5.41) is 36.8. The summed E-state index contributed by atoms with van der Waals surface area (Å²) in [5.74, 6) is -9.11. The van der Waals surface area contributed by atoms with Crippen LogP contribution in [-0.4, -0.2) is 134 Å². The maximum Gasteiger partial charge on any atom is 0.340 e. The van der Waals surface area contributed by atoms with Gasteiger partial charge in [-0.15, -0.1) is 0 Å². The van der Waals surface area contributed by atoms with Crippen LogP contribution < -0.4 is 0 Å². The van der Waals surface area contributed by atoms with Crippen LogP contribution in [0.1, 0.15) is 77.9 Å². The van der Waals surface area contributed by atoms with Crippen molar-refractivity contribution in [1.82, 2.24) is 4.98 Å². The van der Waals surface area contributed by atoms with Gasteiger partial charge in [0.1, 0.15) is 54.2 Å². The monoisotopic (exact) mass is 779 g/mol. The number of rotatable bonds is 6. The summed E-state index contributed by atoms with van der Waals surface area (Å²) in [6.45, 7) is 6.46. The van der Waals surface area contributed by atoms with Crippen molar-refractivity contribution in [3.8, 4) is 0 Å². The predicted molar refractivity (Wildman–Crippen MR) is 177 cm³/mol. The number of hydrogen-bond acceptors (Lipinski definition) is 19. The molecule has 2 aliphatic heterocycles. The summed E-state index contributed by atoms with van der Waals surface area (Å²) in [5.41, 5.74) is -12.7. The van der Waals surface area contributed by atoms with Crippen LogP contribution in [0.15, 0.2) is 18.3 Å². The number of cyclic esters (lactones) is 1. The van der Waals surface area contributed by atoms with E-state index in [0.717, 1.165) is 48.5 Å². The van der Waals surface area contributed by atoms with E-state index in [1.54, 1.807) is 0 Å². The quantitative estimate of drug-likeness (QED) is 0.240. The van der Waals surface area contributed by atoms with Crippen molar-refractivity contribution in [1.29, 1.82) is 0 Å². The predicted octanol–water partition coefficient (Wildman–Crippen LogP) is -0.593. The SMILES string of the molecule is CC(=O)OC[C@@]12[C@H](OC(C)=O)[C@H](OC(C)=O)[C@@H]3[C@H](OC(C)=O)[C@@]14O[C@@]3(C)COC(=O)c1cccnc1CC[C@@](C)(O)C(=O)O[C@@H]([C@@H](O)[C@@H]2OC(C)=O)[C@]4(C)O. The van der Waals surface area contributed by atoms with Crippen LogP contribution in [0.3, 0.4) is 0 Å². The molecule has 0 unspecified atom stereocenters. The lowest BCUT2D eigenvalue weighted by molar-refractivity contribution is -0.387. The van der Waals surface area contributed by atoms with E-state index in [-0.39, 0.29) is 17.7 Å². The number of carbonyl (C=O) groups is 7. The number of pyridine rings is 1. The fourth-order valence-corrected chi connectivity index (χ4v) is 8.87. The average Bonchev–Trinajstić information content (AvgIpc) is 3.29. The van der Waals surface area contributed by atoms with Crippen molar-refractivity contribution in [2.75, 3.05) is 13.2 Å². The highest BCUT2D eigenvalue weighted by Crippen LogP contribution is 2.70. The number of nitrogens with zero attached hydrogens (tertiary/aromatic N) is 1. The molecule has 0 aromatic carbocycles. The lowest BCUT2D eigenvalue weighted by Crippen LogP contribution is -2.89. The molecule has 2 aliphatic carbocycles. The summed E-state index contributed by atoms with van der Waals surface area (Å²) in [4.78, 5) is 96.7. The van der Waals surface area contributed by atoms with Gasteiger partial charge in [0.25, 0.3) is 0 Å². The molecule has 4 aliphatic rings. The van der Waals surface area contributed by atoms with Crippen LogP contribution in [0.4, 0.5) is 0 Å². The zero-order chi connectivity index (χ0) is 41.1. The molecule has 55 heavy (non-hydrogen) atoms. The number of aliphatic hydroxyl groups excluding tert-OH is 1. The molecule has 3 N–H and O–H groups in total. The number of carbonyl (C=O) groups excluding carboxylic acids is 7. The molecule has 5 rings (SSSR count). The molecule has 1 spiro atoms. The standard InChI is InChI=1S/C36H45NO18/c1-16(38)48-15-35-28(52-19(4)41)24(43)27-34(8,47)36(35)26(51-18(3)40)23(25(50-17(2)39)29(35)53-20(5)42)33(7,55-36)14-49-30(44)21-10-9-13-37-22(21)11-12-32(6,46)31(45)54-27/h9-10,13,23-29,43,46-47H,11-12,14-15H2,1-8H3/t23-,24-,25-,26+,27+,28+,29-,32-,33+,34+,35-,36+/m1/s1. The number of ether oxygens (including phenoxy) is 8. The molecule has 12 atom stereocenters. The highest BCUT2D eigenvalue weighted by Gasteiger charge is 2.91. The minimum Gasteiger partial charge on any atom is -0.465 e. The molecule has 4 bridgehead atoms. The molecule has 2 saturated carbocycles. The lowest BCUT2D eigenvalue weighted by Gasteiger charge is -2.67. The molecule has 19 nitrogen and oxygen atoms in total. The molecule has 3 heterocycles. The van der Waals surface area contributed by atoms with Crippen molar-refractivity contribution in [2.45, 2.75) is 127 Å². The third kappa shape index (κ3) is 6.69. The third-order valence-electron chi connectivity index (χ3n) is 10.9. The first-order valence-electron chi connectivity index (χ1n) is 17.4. The number of hydrogen-bond donors (Lipinski definition) is 3. The van der Waals surface area contributed by atoms with E-state index in [0.29, 0.717) is 0 Å². The van der Waals surface area contributed by atoms with Gasteiger partial charge in [-0.1, -0.05) is 0 Å². The Labute approximate surface area is 314 Å². The third-order valence-corrected chi connectivity index (χ3v) is 10.9. The molecule has 302 valence electrons. The maximum atomic E-state index is 13.9. The van der Waals surface area contributed by atoms with E-state index in [4.69, 9.17) is 37.9 Å². The van der Waals surface area contributed by atoms with Gasteiger partial charge >= 0.3 is 41.8 Å². The first-order valence-corrected chi connectivity index (χ1v) is 17.4. The first kappa shape index (κ1) is 41.4. The zero-order valence-corrected chi connectivity index (χ0v) is 31.5. The van der Waals surface area contributed by atoms with E-state index < -0.39 is 132 Å². The Hall–Kier alpha value is -4.72. The van der Waals surface area contributed by atoms with E-state index in [9.17, 15) is 48.9 Å². The maximum absolute atomic E-state index is 13.9. The van der Waals surface area contributed by atoms with Crippen molar-refractivity contribution >= 4 is 41.8 Å². The van der Waals surface area contributed by atoms with Gasteiger partial charge in [-0.05, 0) is 45.7 Å². The normalized spacial score (nSPS) is 39.5. The molecular weight excluding hydrogens is 734 g/mol. The highest BCUT2D eigenvalue weighted by atomic mass is 16.7. The largest absolute Gasteiger partial charge is 0.465 e. The number of fused-ring (bicyclic) bond motifs is 5. The van der Waals surface area contributed by atoms with Gasteiger partial charge in [-0.3, -0.25) is 29.0 Å². The molecule has 1 saturated heterocycles. The van der Waals surface area contributed by atoms with E-state index in [1.165, 1.54) is 25.3 Å². The zero-order valence-electron chi connectivity index (χ0n) is 31.5. The van der Waals surface area contributed by atoms with Crippen LogP contribution in [0.5, 0.6) is 0 Å². The minimum absolute atomic E-state index is 0.0737. The summed E-state index contributed by atoms with van der Waals surface area (Å²) >= 11 is 0. The fraction of sp³-hybridized carbons (Fsp3) is 0.667. The second-order valence-corrected chi connectivity index (χ2v) is 15.0. The van der Waals surface area contributed by atoms with Gasteiger partial charge in [0.15, 0.2) is 23.4 Å². The molecule has 3 fully saturated rings. The van der Waals surface area contributed by atoms with Gasteiger partial charge in [0, 0.05) is 40.8 Å². The second-order valence-electron chi connectivity index (χ2n) is 15.0. The van der Waals surface area contributed by atoms with Crippen LogP contribution >= 0.6 is 0 Å².